The molecular weight excluding hydrogens is 220 g/mol. The Balaban J connectivity index is 1.82. The highest BCUT2D eigenvalue weighted by Crippen LogP contribution is 2.11. The summed E-state index contributed by atoms with van der Waals surface area (Å²) in [6, 6.07) is 10.8. The van der Waals surface area contributed by atoms with Crippen molar-refractivity contribution < 1.29 is 5.11 Å². The summed E-state index contributed by atoms with van der Waals surface area (Å²) in [6.07, 6.45) is 12.9. The molecule has 0 aliphatic carbocycles. The van der Waals surface area contributed by atoms with Crippen LogP contribution in [0.4, 0.5) is 0 Å². The number of benzene rings is 1. The molecule has 0 unspecified atom stereocenters. The summed E-state index contributed by atoms with van der Waals surface area (Å²) in [6.45, 7) is 0.361. The molecule has 0 heterocycles. The van der Waals surface area contributed by atoms with Crippen LogP contribution in [-0.4, -0.2) is 11.7 Å². The largest absolute Gasteiger partial charge is 0.396 e. The van der Waals surface area contributed by atoms with Gasteiger partial charge in [-0.2, -0.15) is 0 Å². The molecule has 0 saturated carbocycles. The highest BCUT2D eigenvalue weighted by atomic mass is 16.2. The van der Waals surface area contributed by atoms with Crippen molar-refractivity contribution in [3.63, 3.8) is 0 Å². The zero-order chi connectivity index (χ0) is 12.9. The van der Waals surface area contributed by atoms with E-state index in [2.05, 4.69) is 30.3 Å². The third-order valence-electron chi connectivity index (χ3n) is 3.47. The molecule has 0 bridgehead atoms. The molecule has 1 nitrogen and oxygen atoms in total. The Labute approximate surface area is 112 Å². The van der Waals surface area contributed by atoms with Crippen LogP contribution in [0.3, 0.4) is 0 Å². The third-order valence-corrected chi connectivity index (χ3v) is 3.47. The monoisotopic (exact) mass is 248 g/mol. The number of aryl methyl sites for hydroxylation is 1. The topological polar surface area (TPSA) is 20.2 Å². The fourth-order valence-electron chi connectivity index (χ4n) is 2.32. The Morgan fingerprint density at radius 3 is 1.67 bits per heavy atom. The minimum Gasteiger partial charge on any atom is -0.396 e. The van der Waals surface area contributed by atoms with Gasteiger partial charge in [-0.1, -0.05) is 75.3 Å². The van der Waals surface area contributed by atoms with E-state index in [0.717, 1.165) is 6.42 Å². The molecule has 1 heteroatoms. The lowest BCUT2D eigenvalue weighted by Gasteiger charge is -2.02. The summed E-state index contributed by atoms with van der Waals surface area (Å²) in [4.78, 5) is 0. The predicted molar refractivity (Wildman–Crippen MR) is 78.8 cm³/mol. The fraction of sp³-hybridized carbons (Fsp3) is 0.647. The molecule has 0 aliphatic rings. The van der Waals surface area contributed by atoms with E-state index in [0.29, 0.717) is 6.61 Å². The first-order chi connectivity index (χ1) is 8.93. The standard InChI is InChI=1S/C17H28O/c18-16-12-7-5-3-1-2-4-6-9-13-17-14-10-8-11-15-17/h8,10-11,14-15,18H,1-7,9,12-13,16H2. The van der Waals surface area contributed by atoms with Crippen LogP contribution in [0.15, 0.2) is 30.3 Å². The van der Waals surface area contributed by atoms with Crippen molar-refractivity contribution in [3.05, 3.63) is 35.9 Å². The van der Waals surface area contributed by atoms with E-state index in [4.69, 9.17) is 5.11 Å². The molecular formula is C17H28O. The van der Waals surface area contributed by atoms with Crippen LogP contribution in [0.5, 0.6) is 0 Å². The van der Waals surface area contributed by atoms with E-state index in [1.165, 1.54) is 63.4 Å². The molecule has 0 amide bonds. The van der Waals surface area contributed by atoms with Gasteiger partial charge in [0.2, 0.25) is 0 Å². The van der Waals surface area contributed by atoms with Crippen molar-refractivity contribution in [1.82, 2.24) is 0 Å². The van der Waals surface area contributed by atoms with Crippen molar-refractivity contribution >= 4 is 0 Å². The number of unbranched alkanes of at least 4 members (excludes halogenated alkanes) is 8. The van der Waals surface area contributed by atoms with Gasteiger partial charge >= 0.3 is 0 Å². The SMILES string of the molecule is OCCCCCCCCCCCc1ccccc1. The molecule has 1 N–H and O–H groups in total. The van der Waals surface area contributed by atoms with Crippen LogP contribution in [0.1, 0.15) is 63.4 Å². The summed E-state index contributed by atoms with van der Waals surface area (Å²) in [5, 5.41) is 8.66. The normalized spacial score (nSPS) is 10.7. The van der Waals surface area contributed by atoms with Gasteiger partial charge in [-0.25, -0.2) is 0 Å². The third kappa shape index (κ3) is 8.30. The fourth-order valence-corrected chi connectivity index (χ4v) is 2.32. The van der Waals surface area contributed by atoms with Crippen molar-refractivity contribution in [1.29, 1.82) is 0 Å². The quantitative estimate of drug-likeness (QED) is 0.561. The van der Waals surface area contributed by atoms with Gasteiger partial charge in [0.05, 0.1) is 0 Å². The highest BCUT2D eigenvalue weighted by molar-refractivity contribution is 5.14. The van der Waals surface area contributed by atoms with Crippen LogP contribution < -0.4 is 0 Å². The van der Waals surface area contributed by atoms with E-state index in [1.54, 1.807) is 0 Å². The van der Waals surface area contributed by atoms with E-state index < -0.39 is 0 Å². The highest BCUT2D eigenvalue weighted by Gasteiger charge is 1.94. The van der Waals surface area contributed by atoms with Gasteiger partial charge in [0.1, 0.15) is 0 Å². The van der Waals surface area contributed by atoms with Crippen molar-refractivity contribution in [2.24, 2.45) is 0 Å². The van der Waals surface area contributed by atoms with Gasteiger partial charge in [0.15, 0.2) is 0 Å². The molecule has 0 aliphatic heterocycles. The number of hydrogen-bond donors (Lipinski definition) is 1. The van der Waals surface area contributed by atoms with Gasteiger partial charge in [0, 0.05) is 6.61 Å². The molecule has 0 aromatic heterocycles. The van der Waals surface area contributed by atoms with Gasteiger partial charge in [-0.05, 0) is 24.8 Å². The molecule has 18 heavy (non-hydrogen) atoms. The number of aliphatic hydroxyl groups is 1. The maximum atomic E-state index is 8.66. The lowest BCUT2D eigenvalue weighted by molar-refractivity contribution is 0.282. The van der Waals surface area contributed by atoms with Crippen LogP contribution in [0, 0.1) is 0 Å². The average Bonchev–Trinajstić information content (AvgIpc) is 2.42. The number of aliphatic hydroxyl groups excluding tert-OH is 1. The van der Waals surface area contributed by atoms with E-state index in [-0.39, 0.29) is 0 Å². The van der Waals surface area contributed by atoms with Crippen molar-refractivity contribution in [2.45, 2.75) is 64.2 Å². The average molecular weight is 248 g/mol. The van der Waals surface area contributed by atoms with Crippen LogP contribution in [-0.2, 0) is 6.42 Å². The molecule has 0 atom stereocenters. The Hall–Kier alpha value is -0.820. The maximum absolute atomic E-state index is 8.66. The van der Waals surface area contributed by atoms with E-state index >= 15 is 0 Å². The zero-order valence-corrected chi connectivity index (χ0v) is 11.6. The molecule has 1 aromatic carbocycles. The molecule has 102 valence electrons. The first-order valence-corrected chi connectivity index (χ1v) is 7.58. The second kappa shape index (κ2) is 11.3. The summed E-state index contributed by atoms with van der Waals surface area (Å²) < 4.78 is 0. The minimum atomic E-state index is 0.361. The van der Waals surface area contributed by atoms with E-state index in [1.807, 2.05) is 0 Å². The molecule has 1 aromatic rings. The molecule has 0 spiro atoms. The lowest BCUT2D eigenvalue weighted by Crippen LogP contribution is -1.86. The molecule has 0 radical (unpaired) electrons. The zero-order valence-electron chi connectivity index (χ0n) is 11.6. The summed E-state index contributed by atoms with van der Waals surface area (Å²) >= 11 is 0. The van der Waals surface area contributed by atoms with E-state index in [9.17, 15) is 0 Å². The Morgan fingerprint density at radius 1 is 0.611 bits per heavy atom. The van der Waals surface area contributed by atoms with Crippen LogP contribution in [0.25, 0.3) is 0 Å². The van der Waals surface area contributed by atoms with Gasteiger partial charge in [-0.3, -0.25) is 0 Å². The first-order valence-electron chi connectivity index (χ1n) is 7.58. The summed E-state index contributed by atoms with van der Waals surface area (Å²) in [7, 11) is 0. The number of rotatable bonds is 11. The second-order valence-corrected chi connectivity index (χ2v) is 5.14. The first kappa shape index (κ1) is 15.2. The maximum Gasteiger partial charge on any atom is 0.0431 e. The second-order valence-electron chi connectivity index (χ2n) is 5.14. The lowest BCUT2D eigenvalue weighted by atomic mass is 10.0. The smallest absolute Gasteiger partial charge is 0.0431 e. The molecule has 1 rings (SSSR count). The van der Waals surface area contributed by atoms with Gasteiger partial charge in [-0.15, -0.1) is 0 Å². The van der Waals surface area contributed by atoms with Gasteiger partial charge in [0.25, 0.3) is 0 Å². The van der Waals surface area contributed by atoms with Gasteiger partial charge < -0.3 is 5.11 Å². The molecule has 0 saturated heterocycles. The predicted octanol–water partition coefficient (Wildman–Crippen LogP) is 4.73. The van der Waals surface area contributed by atoms with Crippen LogP contribution in [0.2, 0.25) is 0 Å². The van der Waals surface area contributed by atoms with Crippen molar-refractivity contribution in [2.75, 3.05) is 6.61 Å². The summed E-state index contributed by atoms with van der Waals surface area (Å²) in [5.74, 6) is 0. The van der Waals surface area contributed by atoms with Crippen LogP contribution >= 0.6 is 0 Å². The van der Waals surface area contributed by atoms with Crippen molar-refractivity contribution in [3.8, 4) is 0 Å². The Morgan fingerprint density at radius 2 is 1.11 bits per heavy atom. The number of hydrogen-bond acceptors (Lipinski definition) is 1. The summed E-state index contributed by atoms with van der Waals surface area (Å²) in [5.41, 5.74) is 1.47. The Kier molecular flexibility index (Phi) is 9.55. The Bertz CT molecular complexity index is 268. The molecule has 0 fully saturated rings. The minimum absolute atomic E-state index is 0.361.